The van der Waals surface area contributed by atoms with E-state index in [1.807, 2.05) is 4.90 Å². The SMILES string of the molecule is CCCCCCCCCCCCNC(=O)N1CCN(C)CC1. The molecule has 0 spiro atoms. The van der Waals surface area contributed by atoms with Crippen molar-refractivity contribution in [3.63, 3.8) is 0 Å². The topological polar surface area (TPSA) is 35.6 Å². The fraction of sp³-hybridized carbons (Fsp3) is 0.944. The van der Waals surface area contributed by atoms with Gasteiger partial charge in [0.15, 0.2) is 0 Å². The van der Waals surface area contributed by atoms with E-state index in [-0.39, 0.29) is 6.03 Å². The zero-order chi connectivity index (χ0) is 16.0. The van der Waals surface area contributed by atoms with Crippen LogP contribution in [0.1, 0.15) is 71.1 Å². The molecule has 1 N–H and O–H groups in total. The first-order valence-electron chi connectivity index (χ1n) is 9.45. The van der Waals surface area contributed by atoms with Gasteiger partial charge in [-0.1, -0.05) is 64.7 Å². The third-order valence-corrected chi connectivity index (χ3v) is 4.60. The molecular weight excluding hydrogens is 274 g/mol. The van der Waals surface area contributed by atoms with Crippen molar-refractivity contribution in [3.8, 4) is 0 Å². The Balaban J connectivity index is 1.84. The lowest BCUT2D eigenvalue weighted by Crippen LogP contribution is -2.50. The number of amides is 2. The van der Waals surface area contributed by atoms with Gasteiger partial charge in [-0.05, 0) is 13.5 Å². The Labute approximate surface area is 137 Å². The first-order valence-corrected chi connectivity index (χ1v) is 9.45. The Morgan fingerprint density at radius 3 is 1.86 bits per heavy atom. The summed E-state index contributed by atoms with van der Waals surface area (Å²) in [7, 11) is 2.11. The number of rotatable bonds is 11. The largest absolute Gasteiger partial charge is 0.338 e. The number of carbonyl (C=O) groups is 1. The van der Waals surface area contributed by atoms with Crippen LogP contribution in [0.3, 0.4) is 0 Å². The van der Waals surface area contributed by atoms with E-state index in [4.69, 9.17) is 0 Å². The van der Waals surface area contributed by atoms with Gasteiger partial charge in [-0.25, -0.2) is 4.79 Å². The Morgan fingerprint density at radius 1 is 0.818 bits per heavy atom. The summed E-state index contributed by atoms with van der Waals surface area (Å²) in [6.45, 7) is 6.81. The second-order valence-electron chi connectivity index (χ2n) is 6.70. The van der Waals surface area contributed by atoms with Crippen LogP contribution in [-0.2, 0) is 0 Å². The molecule has 0 aromatic rings. The second kappa shape index (κ2) is 12.7. The first-order chi connectivity index (χ1) is 10.7. The van der Waals surface area contributed by atoms with E-state index in [1.54, 1.807) is 0 Å². The zero-order valence-corrected chi connectivity index (χ0v) is 14.9. The minimum Gasteiger partial charge on any atom is -0.338 e. The number of carbonyl (C=O) groups excluding carboxylic acids is 1. The van der Waals surface area contributed by atoms with Crippen LogP contribution in [0.2, 0.25) is 0 Å². The minimum absolute atomic E-state index is 0.129. The lowest BCUT2D eigenvalue weighted by molar-refractivity contribution is 0.154. The van der Waals surface area contributed by atoms with Gasteiger partial charge in [0.1, 0.15) is 0 Å². The van der Waals surface area contributed by atoms with E-state index < -0.39 is 0 Å². The van der Waals surface area contributed by atoms with E-state index in [2.05, 4.69) is 24.2 Å². The van der Waals surface area contributed by atoms with Crippen LogP contribution >= 0.6 is 0 Å². The van der Waals surface area contributed by atoms with Crippen molar-refractivity contribution in [2.45, 2.75) is 71.1 Å². The standard InChI is InChI=1S/C18H37N3O/c1-3-4-5-6-7-8-9-10-11-12-13-19-18(22)21-16-14-20(2)15-17-21/h3-17H2,1-2H3,(H,19,22). The molecule has 130 valence electrons. The predicted molar refractivity (Wildman–Crippen MR) is 94.3 cm³/mol. The number of nitrogens with zero attached hydrogens (tertiary/aromatic N) is 2. The summed E-state index contributed by atoms with van der Waals surface area (Å²) in [5.41, 5.74) is 0. The highest BCUT2D eigenvalue weighted by molar-refractivity contribution is 5.74. The highest BCUT2D eigenvalue weighted by Crippen LogP contribution is 2.10. The van der Waals surface area contributed by atoms with Gasteiger partial charge >= 0.3 is 6.03 Å². The van der Waals surface area contributed by atoms with Gasteiger partial charge in [-0.3, -0.25) is 0 Å². The van der Waals surface area contributed by atoms with Gasteiger partial charge in [0.25, 0.3) is 0 Å². The summed E-state index contributed by atoms with van der Waals surface area (Å²) >= 11 is 0. The molecule has 1 aliphatic heterocycles. The number of nitrogens with one attached hydrogen (secondary N) is 1. The molecule has 0 saturated carbocycles. The Hall–Kier alpha value is -0.770. The summed E-state index contributed by atoms with van der Waals surface area (Å²) in [4.78, 5) is 16.2. The quantitative estimate of drug-likeness (QED) is 0.588. The average Bonchev–Trinajstić information content (AvgIpc) is 2.53. The minimum atomic E-state index is 0.129. The van der Waals surface area contributed by atoms with E-state index in [9.17, 15) is 4.79 Å². The Kier molecular flexibility index (Phi) is 11.2. The van der Waals surface area contributed by atoms with Crippen LogP contribution in [0.15, 0.2) is 0 Å². The number of urea groups is 1. The Bertz CT molecular complexity index is 276. The van der Waals surface area contributed by atoms with Crippen LogP contribution in [0, 0.1) is 0 Å². The predicted octanol–water partition coefficient (Wildman–Crippen LogP) is 3.86. The normalized spacial score (nSPS) is 16.0. The molecule has 1 fully saturated rings. The molecular formula is C18H37N3O. The summed E-state index contributed by atoms with van der Waals surface area (Å²) in [5, 5.41) is 3.06. The molecule has 22 heavy (non-hydrogen) atoms. The summed E-state index contributed by atoms with van der Waals surface area (Å²) in [6.07, 6.45) is 13.4. The fourth-order valence-electron chi connectivity index (χ4n) is 2.93. The van der Waals surface area contributed by atoms with E-state index in [0.29, 0.717) is 0 Å². The third-order valence-electron chi connectivity index (χ3n) is 4.60. The second-order valence-corrected chi connectivity index (χ2v) is 6.70. The van der Waals surface area contributed by atoms with Crippen molar-refractivity contribution >= 4 is 6.03 Å². The molecule has 0 aromatic heterocycles. The number of likely N-dealkylation sites (N-methyl/N-ethyl adjacent to an activating group) is 1. The van der Waals surface area contributed by atoms with E-state index in [1.165, 1.54) is 57.8 Å². The van der Waals surface area contributed by atoms with Crippen molar-refractivity contribution in [1.82, 2.24) is 15.1 Å². The van der Waals surface area contributed by atoms with Gasteiger partial charge in [0, 0.05) is 32.7 Å². The number of unbranched alkanes of at least 4 members (excludes halogenated alkanes) is 9. The maximum Gasteiger partial charge on any atom is 0.317 e. The van der Waals surface area contributed by atoms with E-state index >= 15 is 0 Å². The van der Waals surface area contributed by atoms with Gasteiger partial charge in [-0.2, -0.15) is 0 Å². The molecule has 1 rings (SSSR count). The molecule has 1 heterocycles. The van der Waals surface area contributed by atoms with Crippen molar-refractivity contribution in [2.75, 3.05) is 39.8 Å². The number of piperazine rings is 1. The lowest BCUT2D eigenvalue weighted by Gasteiger charge is -2.32. The molecule has 1 aliphatic rings. The monoisotopic (exact) mass is 311 g/mol. The van der Waals surface area contributed by atoms with Crippen molar-refractivity contribution in [1.29, 1.82) is 0 Å². The summed E-state index contributed by atoms with van der Waals surface area (Å²) in [6, 6.07) is 0.129. The molecule has 0 atom stereocenters. The zero-order valence-electron chi connectivity index (χ0n) is 14.9. The van der Waals surface area contributed by atoms with E-state index in [0.717, 1.165) is 39.1 Å². The third kappa shape index (κ3) is 9.29. The maximum atomic E-state index is 12.0. The fourth-order valence-corrected chi connectivity index (χ4v) is 2.93. The smallest absolute Gasteiger partial charge is 0.317 e. The molecule has 0 unspecified atom stereocenters. The molecule has 0 aliphatic carbocycles. The molecule has 2 amide bonds. The Morgan fingerprint density at radius 2 is 1.32 bits per heavy atom. The van der Waals surface area contributed by atoms with Crippen LogP contribution in [-0.4, -0.2) is 55.6 Å². The van der Waals surface area contributed by atoms with Gasteiger partial charge in [0.05, 0.1) is 0 Å². The number of hydrogen-bond donors (Lipinski definition) is 1. The van der Waals surface area contributed by atoms with Crippen LogP contribution in [0.5, 0.6) is 0 Å². The lowest BCUT2D eigenvalue weighted by atomic mass is 10.1. The number of hydrogen-bond acceptors (Lipinski definition) is 2. The summed E-state index contributed by atoms with van der Waals surface area (Å²) < 4.78 is 0. The van der Waals surface area contributed by atoms with Crippen molar-refractivity contribution in [2.24, 2.45) is 0 Å². The van der Waals surface area contributed by atoms with Crippen LogP contribution in [0.4, 0.5) is 4.79 Å². The summed E-state index contributed by atoms with van der Waals surface area (Å²) in [5.74, 6) is 0. The van der Waals surface area contributed by atoms with Gasteiger partial charge in [-0.15, -0.1) is 0 Å². The van der Waals surface area contributed by atoms with Crippen molar-refractivity contribution in [3.05, 3.63) is 0 Å². The average molecular weight is 312 g/mol. The van der Waals surface area contributed by atoms with Crippen LogP contribution in [0.25, 0.3) is 0 Å². The van der Waals surface area contributed by atoms with Gasteiger partial charge < -0.3 is 15.1 Å². The molecule has 0 aromatic carbocycles. The highest BCUT2D eigenvalue weighted by atomic mass is 16.2. The molecule has 0 radical (unpaired) electrons. The molecule has 4 nitrogen and oxygen atoms in total. The van der Waals surface area contributed by atoms with Crippen molar-refractivity contribution < 1.29 is 4.79 Å². The highest BCUT2D eigenvalue weighted by Gasteiger charge is 2.17. The van der Waals surface area contributed by atoms with Gasteiger partial charge in [0.2, 0.25) is 0 Å². The first kappa shape index (κ1) is 19.3. The van der Waals surface area contributed by atoms with Crippen LogP contribution < -0.4 is 5.32 Å². The molecule has 1 saturated heterocycles. The molecule has 4 heteroatoms. The molecule has 0 bridgehead atoms. The maximum absolute atomic E-state index is 12.0.